The molecule has 1 aliphatic heterocycles. The Morgan fingerprint density at radius 2 is 1.81 bits per heavy atom. The molecule has 27 heavy (non-hydrogen) atoms. The highest BCUT2D eigenvalue weighted by atomic mass is 127. The molecule has 0 fully saturated rings. The van der Waals surface area contributed by atoms with Gasteiger partial charge in [0.1, 0.15) is 0 Å². The van der Waals surface area contributed by atoms with Gasteiger partial charge in [-0.1, -0.05) is 36.4 Å². The van der Waals surface area contributed by atoms with Crippen molar-refractivity contribution in [3.8, 4) is 0 Å². The summed E-state index contributed by atoms with van der Waals surface area (Å²) in [6, 6.07) is 15.0. The number of benzene rings is 2. The molecule has 1 aliphatic carbocycles. The van der Waals surface area contributed by atoms with E-state index in [1.165, 1.54) is 41.6 Å². The first-order valence-corrected chi connectivity index (χ1v) is 9.46. The molecule has 0 unspecified atom stereocenters. The monoisotopic (exact) mass is 474 g/mol. The summed E-state index contributed by atoms with van der Waals surface area (Å²) in [5.41, 5.74) is 12.5. The van der Waals surface area contributed by atoms with Gasteiger partial charge >= 0.3 is 0 Å². The van der Waals surface area contributed by atoms with Gasteiger partial charge in [-0.15, -0.1) is 24.0 Å². The maximum atomic E-state index is 6.17. The van der Waals surface area contributed by atoms with E-state index in [0.29, 0.717) is 12.5 Å². The van der Waals surface area contributed by atoms with Crippen molar-refractivity contribution < 1.29 is 0 Å². The Kier molecular flexibility index (Phi) is 6.77. The number of aliphatic imine (C=N–C) groups is 1. The Bertz CT molecular complexity index is 836. The highest BCUT2D eigenvalue weighted by molar-refractivity contribution is 14.0. The predicted octanol–water partition coefficient (Wildman–Crippen LogP) is 4.49. The van der Waals surface area contributed by atoms with Gasteiger partial charge in [-0.25, -0.2) is 4.99 Å². The van der Waals surface area contributed by atoms with Gasteiger partial charge in [0, 0.05) is 24.5 Å². The summed E-state index contributed by atoms with van der Waals surface area (Å²) in [6.45, 7) is 2.55. The Hall–Kier alpha value is -2.02. The molecule has 0 spiro atoms. The first-order chi connectivity index (χ1) is 12.8. The van der Waals surface area contributed by atoms with Crippen LogP contribution in [0.15, 0.2) is 59.6 Å². The maximum Gasteiger partial charge on any atom is 0.193 e. The molecule has 2 aliphatic rings. The van der Waals surface area contributed by atoms with Crippen LogP contribution in [0, 0.1) is 0 Å². The van der Waals surface area contributed by atoms with Crippen LogP contribution >= 0.6 is 24.0 Å². The number of nitrogens with two attached hydrogens (primary N) is 1. The Morgan fingerprint density at radius 1 is 1.04 bits per heavy atom. The molecule has 5 heteroatoms. The summed E-state index contributed by atoms with van der Waals surface area (Å²) in [6.07, 6.45) is 9.22. The molecule has 0 saturated heterocycles. The lowest BCUT2D eigenvalue weighted by molar-refractivity contribution is 0.687. The van der Waals surface area contributed by atoms with E-state index in [1.807, 2.05) is 0 Å². The summed E-state index contributed by atoms with van der Waals surface area (Å²) < 4.78 is 0. The quantitative estimate of drug-likeness (QED) is 0.297. The van der Waals surface area contributed by atoms with E-state index in [0.717, 1.165) is 25.2 Å². The van der Waals surface area contributed by atoms with Crippen LogP contribution < -0.4 is 16.0 Å². The molecule has 4 nitrogen and oxygen atoms in total. The minimum absolute atomic E-state index is 0. The van der Waals surface area contributed by atoms with E-state index in [-0.39, 0.29) is 24.0 Å². The van der Waals surface area contributed by atoms with Crippen molar-refractivity contribution in [3.63, 3.8) is 0 Å². The van der Waals surface area contributed by atoms with Crippen molar-refractivity contribution in [1.82, 2.24) is 0 Å². The summed E-state index contributed by atoms with van der Waals surface area (Å²) in [7, 11) is 0. The van der Waals surface area contributed by atoms with Crippen LogP contribution in [0.5, 0.6) is 0 Å². The summed E-state index contributed by atoms with van der Waals surface area (Å²) in [5.74, 6) is 0.484. The number of fused-ring (bicyclic) bond motifs is 1. The van der Waals surface area contributed by atoms with Crippen LogP contribution in [0.4, 0.5) is 11.4 Å². The smallest absolute Gasteiger partial charge is 0.193 e. The summed E-state index contributed by atoms with van der Waals surface area (Å²) in [5, 5.41) is 3.32. The molecule has 0 saturated carbocycles. The molecule has 0 aromatic heterocycles. The van der Waals surface area contributed by atoms with E-state index >= 15 is 0 Å². The highest BCUT2D eigenvalue weighted by Crippen LogP contribution is 2.27. The lowest BCUT2D eigenvalue weighted by Crippen LogP contribution is -2.24. The van der Waals surface area contributed by atoms with Crippen molar-refractivity contribution in [2.24, 2.45) is 10.7 Å². The number of rotatable bonds is 4. The molecular formula is C22H27IN4. The van der Waals surface area contributed by atoms with Gasteiger partial charge in [0.25, 0.3) is 0 Å². The van der Waals surface area contributed by atoms with Crippen molar-refractivity contribution in [2.75, 3.05) is 23.3 Å². The first-order valence-electron chi connectivity index (χ1n) is 9.46. The fourth-order valence-electron chi connectivity index (χ4n) is 3.79. The third-order valence-electron chi connectivity index (χ3n) is 5.18. The average molecular weight is 474 g/mol. The second-order valence-corrected chi connectivity index (χ2v) is 7.02. The van der Waals surface area contributed by atoms with Gasteiger partial charge in [-0.05, 0) is 60.6 Å². The SMILES string of the molecule is I.NC(=NCc1cccc(N2CC=CC2)c1)Nc1cccc2c1CCCC2. The van der Waals surface area contributed by atoms with E-state index in [2.05, 4.69) is 69.8 Å². The summed E-state index contributed by atoms with van der Waals surface area (Å²) >= 11 is 0. The Balaban J connectivity index is 0.00000210. The second kappa shape index (κ2) is 9.26. The third-order valence-corrected chi connectivity index (χ3v) is 5.18. The molecule has 1 heterocycles. The van der Waals surface area contributed by atoms with Crippen LogP contribution in [0.25, 0.3) is 0 Å². The molecule has 2 aromatic rings. The second-order valence-electron chi connectivity index (χ2n) is 7.02. The lowest BCUT2D eigenvalue weighted by atomic mass is 9.90. The van der Waals surface area contributed by atoms with Crippen LogP contribution in [0.1, 0.15) is 29.5 Å². The van der Waals surface area contributed by atoms with Crippen molar-refractivity contribution in [3.05, 3.63) is 71.3 Å². The molecule has 3 N–H and O–H groups in total. The molecule has 0 atom stereocenters. The minimum atomic E-state index is 0. The topological polar surface area (TPSA) is 53.6 Å². The number of guanidine groups is 1. The largest absolute Gasteiger partial charge is 0.370 e. The van der Waals surface area contributed by atoms with E-state index in [1.54, 1.807) is 0 Å². The summed E-state index contributed by atoms with van der Waals surface area (Å²) in [4.78, 5) is 6.89. The number of nitrogens with one attached hydrogen (secondary N) is 1. The first kappa shape index (κ1) is 19.7. The van der Waals surface area contributed by atoms with Crippen LogP contribution in [0.3, 0.4) is 0 Å². The standard InChI is InChI=1S/C22H26N4.HI/c23-22(25-21-12-6-9-18-8-1-2-11-20(18)21)24-16-17-7-5-10-19(15-17)26-13-3-4-14-26;/h3-7,9-10,12,15H,1-2,8,11,13-14,16H2,(H3,23,24,25);1H. The fraction of sp³-hybridized carbons (Fsp3) is 0.318. The van der Waals surface area contributed by atoms with Gasteiger partial charge < -0.3 is 16.0 Å². The molecular weight excluding hydrogens is 447 g/mol. The number of nitrogens with zero attached hydrogens (tertiary/aromatic N) is 2. The van der Waals surface area contributed by atoms with Gasteiger partial charge in [0.15, 0.2) is 5.96 Å². The lowest BCUT2D eigenvalue weighted by Gasteiger charge is -2.20. The zero-order chi connectivity index (χ0) is 17.8. The number of hydrogen-bond acceptors (Lipinski definition) is 2. The molecule has 2 aromatic carbocycles. The molecule has 0 bridgehead atoms. The van der Waals surface area contributed by atoms with Gasteiger partial charge in [0.2, 0.25) is 0 Å². The highest BCUT2D eigenvalue weighted by Gasteiger charge is 2.13. The number of aryl methyl sites for hydroxylation is 1. The zero-order valence-corrected chi connectivity index (χ0v) is 17.9. The maximum absolute atomic E-state index is 6.17. The van der Waals surface area contributed by atoms with Crippen LogP contribution in [-0.4, -0.2) is 19.0 Å². The minimum Gasteiger partial charge on any atom is -0.370 e. The number of hydrogen-bond donors (Lipinski definition) is 2. The van der Waals surface area contributed by atoms with E-state index < -0.39 is 0 Å². The zero-order valence-electron chi connectivity index (χ0n) is 15.5. The Morgan fingerprint density at radius 3 is 2.67 bits per heavy atom. The van der Waals surface area contributed by atoms with E-state index in [9.17, 15) is 0 Å². The number of anilines is 2. The Labute approximate surface area is 178 Å². The van der Waals surface area contributed by atoms with Crippen LogP contribution in [0.2, 0.25) is 0 Å². The normalized spacial score (nSPS) is 16.0. The molecule has 0 amide bonds. The van der Waals surface area contributed by atoms with Gasteiger partial charge in [0.05, 0.1) is 6.54 Å². The van der Waals surface area contributed by atoms with Crippen molar-refractivity contribution in [2.45, 2.75) is 32.2 Å². The molecule has 142 valence electrons. The average Bonchev–Trinajstić information content (AvgIpc) is 3.22. The molecule has 4 rings (SSSR count). The van der Waals surface area contributed by atoms with Gasteiger partial charge in [-0.2, -0.15) is 0 Å². The van der Waals surface area contributed by atoms with Crippen LogP contribution in [-0.2, 0) is 19.4 Å². The van der Waals surface area contributed by atoms with Crippen molar-refractivity contribution in [1.29, 1.82) is 0 Å². The van der Waals surface area contributed by atoms with E-state index in [4.69, 9.17) is 5.73 Å². The van der Waals surface area contributed by atoms with Crippen molar-refractivity contribution >= 4 is 41.3 Å². The third kappa shape index (κ3) is 4.83. The molecule has 0 radical (unpaired) electrons. The van der Waals surface area contributed by atoms with Gasteiger partial charge in [-0.3, -0.25) is 0 Å². The predicted molar refractivity (Wildman–Crippen MR) is 125 cm³/mol. The number of halogens is 1. The fourth-order valence-corrected chi connectivity index (χ4v) is 3.79.